The average molecular weight is 229 g/mol. The molecule has 1 amide bonds. The van der Waals surface area contributed by atoms with Gasteiger partial charge in [0, 0.05) is 26.7 Å². The van der Waals surface area contributed by atoms with Crippen molar-refractivity contribution >= 4 is 5.91 Å². The number of carbonyl (C=O) groups is 1. The van der Waals surface area contributed by atoms with Gasteiger partial charge in [0.15, 0.2) is 0 Å². The molecule has 0 radical (unpaired) electrons. The molecular formula is C12H23NO3. The number of rotatable bonds is 5. The minimum atomic E-state index is 0.0394. The Morgan fingerprint density at radius 1 is 1.44 bits per heavy atom. The number of carbonyl (C=O) groups excluding carboxylic acids is 1. The fourth-order valence-corrected chi connectivity index (χ4v) is 2.21. The van der Waals surface area contributed by atoms with Crippen LogP contribution in [0.3, 0.4) is 0 Å². The van der Waals surface area contributed by atoms with Gasteiger partial charge in [0.2, 0.25) is 5.91 Å². The third-order valence-electron chi connectivity index (χ3n) is 3.15. The van der Waals surface area contributed by atoms with Gasteiger partial charge >= 0.3 is 0 Å². The third kappa shape index (κ3) is 4.10. The van der Waals surface area contributed by atoms with Crippen LogP contribution in [0.25, 0.3) is 0 Å². The molecule has 4 heteroatoms. The first-order valence-electron chi connectivity index (χ1n) is 6.19. The molecule has 1 aliphatic heterocycles. The van der Waals surface area contributed by atoms with Gasteiger partial charge in [0.1, 0.15) is 0 Å². The molecule has 0 aromatic carbocycles. The number of hydrogen-bond acceptors (Lipinski definition) is 3. The molecular weight excluding hydrogens is 206 g/mol. The molecule has 0 aliphatic carbocycles. The zero-order valence-electron chi connectivity index (χ0n) is 10.2. The fraction of sp³-hybridized carbons (Fsp3) is 0.917. The molecule has 0 bridgehead atoms. The fourth-order valence-electron chi connectivity index (χ4n) is 2.21. The molecule has 1 atom stereocenters. The van der Waals surface area contributed by atoms with Crippen LogP contribution in [-0.4, -0.2) is 48.8 Å². The molecule has 0 aromatic rings. The van der Waals surface area contributed by atoms with Crippen molar-refractivity contribution in [3.05, 3.63) is 0 Å². The van der Waals surface area contributed by atoms with E-state index in [0.717, 1.165) is 32.2 Å². The predicted octanol–water partition coefficient (Wildman–Crippen LogP) is 1.18. The summed E-state index contributed by atoms with van der Waals surface area (Å²) in [6, 6.07) is 0.0394. The molecule has 1 unspecified atom stereocenters. The normalized spacial score (nSPS) is 21.9. The highest BCUT2D eigenvalue weighted by molar-refractivity contribution is 5.76. The maximum atomic E-state index is 12.0. The molecule has 1 N–H and O–H groups in total. The number of hydrogen-bond donors (Lipinski definition) is 1. The Morgan fingerprint density at radius 2 is 2.25 bits per heavy atom. The molecule has 1 heterocycles. The lowest BCUT2D eigenvalue weighted by Gasteiger charge is -2.28. The van der Waals surface area contributed by atoms with E-state index in [1.54, 1.807) is 7.11 Å². The zero-order valence-corrected chi connectivity index (χ0v) is 10.2. The number of amides is 1. The van der Waals surface area contributed by atoms with Gasteiger partial charge < -0.3 is 14.7 Å². The van der Waals surface area contributed by atoms with E-state index in [9.17, 15) is 9.90 Å². The van der Waals surface area contributed by atoms with Gasteiger partial charge in [-0.25, -0.2) is 0 Å². The summed E-state index contributed by atoms with van der Waals surface area (Å²) in [7, 11) is 1.65. The standard InChI is InChI=1S/C12H23NO3/c1-16-9-5-7-12(15)13-8-4-2-3-6-11(13)10-14/h11,14H,2-10H2,1H3. The Labute approximate surface area is 97.6 Å². The maximum Gasteiger partial charge on any atom is 0.222 e. The lowest BCUT2D eigenvalue weighted by molar-refractivity contribution is -0.134. The Morgan fingerprint density at radius 3 is 2.94 bits per heavy atom. The number of ether oxygens (including phenoxy) is 1. The molecule has 0 spiro atoms. The van der Waals surface area contributed by atoms with Crippen LogP contribution in [0.2, 0.25) is 0 Å². The van der Waals surface area contributed by atoms with Crippen LogP contribution in [-0.2, 0) is 9.53 Å². The van der Waals surface area contributed by atoms with Crippen LogP contribution in [0.15, 0.2) is 0 Å². The van der Waals surface area contributed by atoms with Gasteiger partial charge in [0.05, 0.1) is 12.6 Å². The Bertz CT molecular complexity index is 208. The summed E-state index contributed by atoms with van der Waals surface area (Å²) in [5.41, 5.74) is 0. The van der Waals surface area contributed by atoms with E-state index in [-0.39, 0.29) is 18.6 Å². The van der Waals surface area contributed by atoms with Crippen LogP contribution in [0.4, 0.5) is 0 Å². The molecule has 1 fully saturated rings. The van der Waals surface area contributed by atoms with Crippen LogP contribution in [0.5, 0.6) is 0 Å². The molecule has 1 saturated heterocycles. The van der Waals surface area contributed by atoms with Crippen LogP contribution >= 0.6 is 0 Å². The summed E-state index contributed by atoms with van der Waals surface area (Å²) in [6.07, 6.45) is 5.58. The number of nitrogens with zero attached hydrogens (tertiary/aromatic N) is 1. The van der Waals surface area contributed by atoms with Crippen LogP contribution in [0.1, 0.15) is 38.5 Å². The number of likely N-dealkylation sites (tertiary alicyclic amines) is 1. The topological polar surface area (TPSA) is 49.8 Å². The predicted molar refractivity (Wildman–Crippen MR) is 62.2 cm³/mol. The summed E-state index contributed by atoms with van der Waals surface area (Å²) in [4.78, 5) is 13.8. The molecule has 16 heavy (non-hydrogen) atoms. The van der Waals surface area contributed by atoms with E-state index < -0.39 is 0 Å². The Balaban J connectivity index is 2.42. The molecule has 0 saturated carbocycles. The van der Waals surface area contributed by atoms with Gasteiger partial charge in [0.25, 0.3) is 0 Å². The lowest BCUT2D eigenvalue weighted by atomic mass is 10.1. The van der Waals surface area contributed by atoms with Crippen molar-refractivity contribution in [3.8, 4) is 0 Å². The molecule has 4 nitrogen and oxygen atoms in total. The summed E-state index contributed by atoms with van der Waals surface area (Å²) >= 11 is 0. The maximum absolute atomic E-state index is 12.0. The minimum absolute atomic E-state index is 0.0394. The van der Waals surface area contributed by atoms with Crippen molar-refractivity contribution in [3.63, 3.8) is 0 Å². The molecule has 1 aliphatic rings. The Kier molecular flexibility index (Phi) is 6.42. The summed E-state index contributed by atoms with van der Waals surface area (Å²) < 4.78 is 4.94. The summed E-state index contributed by atoms with van der Waals surface area (Å²) in [5, 5.41) is 9.29. The second-order valence-corrected chi connectivity index (χ2v) is 4.37. The highest BCUT2D eigenvalue weighted by Crippen LogP contribution is 2.17. The van der Waals surface area contributed by atoms with E-state index in [0.29, 0.717) is 13.0 Å². The lowest BCUT2D eigenvalue weighted by Crippen LogP contribution is -2.42. The molecule has 0 aromatic heterocycles. The number of aliphatic hydroxyl groups excluding tert-OH is 1. The highest BCUT2D eigenvalue weighted by Gasteiger charge is 2.23. The molecule has 94 valence electrons. The van der Waals surface area contributed by atoms with Crippen molar-refractivity contribution in [1.29, 1.82) is 0 Å². The largest absolute Gasteiger partial charge is 0.394 e. The number of methoxy groups -OCH3 is 1. The van der Waals surface area contributed by atoms with E-state index in [4.69, 9.17) is 4.74 Å². The summed E-state index contributed by atoms with van der Waals surface area (Å²) in [5.74, 6) is 0.165. The highest BCUT2D eigenvalue weighted by atomic mass is 16.5. The SMILES string of the molecule is COCCCC(=O)N1CCCCCC1CO. The first-order chi connectivity index (χ1) is 7.79. The van der Waals surface area contributed by atoms with Crippen LogP contribution < -0.4 is 0 Å². The van der Waals surface area contributed by atoms with Crippen LogP contribution in [0, 0.1) is 0 Å². The van der Waals surface area contributed by atoms with Gasteiger partial charge in [-0.05, 0) is 19.3 Å². The van der Waals surface area contributed by atoms with Gasteiger partial charge in [-0.1, -0.05) is 12.8 Å². The monoisotopic (exact) mass is 229 g/mol. The molecule has 1 rings (SSSR count). The van der Waals surface area contributed by atoms with E-state index >= 15 is 0 Å². The van der Waals surface area contributed by atoms with E-state index in [1.807, 2.05) is 4.90 Å². The minimum Gasteiger partial charge on any atom is -0.394 e. The van der Waals surface area contributed by atoms with Crippen molar-refractivity contribution in [1.82, 2.24) is 4.90 Å². The van der Waals surface area contributed by atoms with E-state index in [2.05, 4.69) is 0 Å². The number of aliphatic hydroxyl groups is 1. The van der Waals surface area contributed by atoms with Gasteiger partial charge in [-0.15, -0.1) is 0 Å². The second kappa shape index (κ2) is 7.63. The summed E-state index contributed by atoms with van der Waals surface area (Å²) in [6.45, 7) is 1.52. The van der Waals surface area contributed by atoms with E-state index in [1.165, 1.54) is 6.42 Å². The van der Waals surface area contributed by atoms with Crippen molar-refractivity contribution in [2.45, 2.75) is 44.6 Å². The van der Waals surface area contributed by atoms with Crippen molar-refractivity contribution < 1.29 is 14.6 Å². The third-order valence-corrected chi connectivity index (χ3v) is 3.15. The van der Waals surface area contributed by atoms with Crippen molar-refractivity contribution in [2.24, 2.45) is 0 Å². The smallest absolute Gasteiger partial charge is 0.222 e. The quantitative estimate of drug-likeness (QED) is 0.720. The van der Waals surface area contributed by atoms with Gasteiger partial charge in [-0.2, -0.15) is 0 Å². The Hall–Kier alpha value is -0.610. The van der Waals surface area contributed by atoms with Crippen molar-refractivity contribution in [2.75, 3.05) is 26.9 Å². The van der Waals surface area contributed by atoms with Gasteiger partial charge in [-0.3, -0.25) is 4.79 Å². The average Bonchev–Trinajstić information content (AvgIpc) is 2.54. The first-order valence-corrected chi connectivity index (χ1v) is 6.19. The second-order valence-electron chi connectivity index (χ2n) is 4.37. The zero-order chi connectivity index (χ0) is 11.8. The first kappa shape index (κ1) is 13.5.